The Morgan fingerprint density at radius 2 is 2.11 bits per heavy atom. The predicted octanol–water partition coefficient (Wildman–Crippen LogP) is 1.74. The number of nitrogens with zero attached hydrogens (tertiary/aromatic N) is 1. The molecule has 2 N–H and O–H groups in total. The molecular formula is C13H17ClN2O2. The Bertz CT molecular complexity index is 442. The van der Waals surface area contributed by atoms with E-state index in [2.05, 4.69) is 10.2 Å². The number of aliphatic hydroxyl groups is 1. The molecule has 1 heterocycles. The van der Waals surface area contributed by atoms with E-state index in [4.69, 9.17) is 11.6 Å². The van der Waals surface area contributed by atoms with Crippen LogP contribution in [0.2, 0.25) is 5.02 Å². The highest BCUT2D eigenvalue weighted by molar-refractivity contribution is 6.30. The lowest BCUT2D eigenvalue weighted by Crippen LogP contribution is -2.50. The van der Waals surface area contributed by atoms with Crippen molar-refractivity contribution < 1.29 is 9.90 Å². The first kappa shape index (κ1) is 13.3. The number of hydrogen-bond acceptors (Lipinski definition) is 3. The summed E-state index contributed by atoms with van der Waals surface area (Å²) in [5, 5.41) is 13.6. The number of amides is 1. The van der Waals surface area contributed by atoms with Gasteiger partial charge in [0, 0.05) is 23.8 Å². The van der Waals surface area contributed by atoms with E-state index in [1.54, 1.807) is 24.3 Å². The van der Waals surface area contributed by atoms with Gasteiger partial charge >= 0.3 is 0 Å². The van der Waals surface area contributed by atoms with Crippen LogP contribution in [-0.4, -0.2) is 41.7 Å². The van der Waals surface area contributed by atoms with Crippen molar-refractivity contribution in [2.24, 2.45) is 0 Å². The van der Waals surface area contributed by atoms with E-state index >= 15 is 0 Å². The van der Waals surface area contributed by atoms with Gasteiger partial charge in [-0.15, -0.1) is 0 Å². The second-order valence-electron chi connectivity index (χ2n) is 4.80. The molecule has 18 heavy (non-hydrogen) atoms. The minimum atomic E-state index is -1.27. The average molecular weight is 269 g/mol. The van der Waals surface area contributed by atoms with Gasteiger partial charge in [-0.2, -0.15) is 0 Å². The summed E-state index contributed by atoms with van der Waals surface area (Å²) in [6, 6.07) is 6.91. The van der Waals surface area contributed by atoms with Crippen LogP contribution in [-0.2, 0) is 4.79 Å². The summed E-state index contributed by atoms with van der Waals surface area (Å²) in [5.41, 5.74) is -0.658. The molecule has 1 amide bonds. The topological polar surface area (TPSA) is 52.6 Å². The third-order valence-corrected chi connectivity index (χ3v) is 3.55. The lowest BCUT2D eigenvalue weighted by atomic mass is 9.90. The number of piperidine rings is 1. The van der Waals surface area contributed by atoms with Gasteiger partial charge in [0.1, 0.15) is 5.60 Å². The quantitative estimate of drug-likeness (QED) is 0.859. The van der Waals surface area contributed by atoms with Gasteiger partial charge in [0.2, 0.25) is 0 Å². The Morgan fingerprint density at radius 3 is 2.72 bits per heavy atom. The van der Waals surface area contributed by atoms with Crippen molar-refractivity contribution >= 4 is 23.2 Å². The SMILES string of the molecule is CN1CCC(O)(C(=O)Nc2cccc(Cl)c2)CC1. The summed E-state index contributed by atoms with van der Waals surface area (Å²) in [6.45, 7) is 1.44. The summed E-state index contributed by atoms with van der Waals surface area (Å²) in [4.78, 5) is 14.2. The van der Waals surface area contributed by atoms with Crippen LogP contribution in [0, 0.1) is 0 Å². The fraction of sp³-hybridized carbons (Fsp3) is 0.462. The van der Waals surface area contributed by atoms with E-state index in [1.165, 1.54) is 0 Å². The molecule has 1 aromatic carbocycles. The van der Waals surface area contributed by atoms with Crippen molar-refractivity contribution in [1.82, 2.24) is 4.90 Å². The van der Waals surface area contributed by atoms with Gasteiger partial charge in [0.15, 0.2) is 0 Å². The Balaban J connectivity index is 2.03. The van der Waals surface area contributed by atoms with Crippen molar-refractivity contribution in [1.29, 1.82) is 0 Å². The Morgan fingerprint density at radius 1 is 1.44 bits per heavy atom. The molecule has 98 valence electrons. The normalized spacial score (nSPS) is 19.5. The third-order valence-electron chi connectivity index (χ3n) is 3.32. The number of halogens is 1. The monoisotopic (exact) mass is 268 g/mol. The Hall–Kier alpha value is -1.10. The number of carbonyl (C=O) groups excluding carboxylic acids is 1. The van der Waals surface area contributed by atoms with Crippen LogP contribution in [0.4, 0.5) is 5.69 Å². The van der Waals surface area contributed by atoms with Crippen molar-refractivity contribution in [2.45, 2.75) is 18.4 Å². The second kappa shape index (κ2) is 5.26. The number of carbonyl (C=O) groups is 1. The molecule has 1 saturated heterocycles. The zero-order chi connectivity index (χ0) is 13.2. The molecule has 1 fully saturated rings. The minimum absolute atomic E-state index is 0.349. The highest BCUT2D eigenvalue weighted by atomic mass is 35.5. The van der Waals surface area contributed by atoms with Gasteiger partial charge in [-0.25, -0.2) is 0 Å². The van der Waals surface area contributed by atoms with Crippen LogP contribution in [0.15, 0.2) is 24.3 Å². The van der Waals surface area contributed by atoms with E-state index in [-0.39, 0.29) is 5.91 Å². The summed E-state index contributed by atoms with van der Waals surface area (Å²) in [6.07, 6.45) is 0.909. The average Bonchev–Trinajstić information content (AvgIpc) is 2.33. The largest absolute Gasteiger partial charge is 0.380 e. The first-order valence-electron chi connectivity index (χ1n) is 5.97. The predicted molar refractivity (Wildman–Crippen MR) is 71.8 cm³/mol. The van der Waals surface area contributed by atoms with Gasteiger partial charge in [0.25, 0.3) is 5.91 Å². The molecule has 0 spiro atoms. The van der Waals surface area contributed by atoms with E-state index in [9.17, 15) is 9.90 Å². The molecule has 1 aromatic rings. The highest BCUT2D eigenvalue weighted by Gasteiger charge is 2.38. The van der Waals surface area contributed by atoms with E-state index in [0.717, 1.165) is 13.1 Å². The van der Waals surface area contributed by atoms with Gasteiger partial charge in [-0.05, 0) is 38.1 Å². The molecule has 0 aromatic heterocycles. The lowest BCUT2D eigenvalue weighted by molar-refractivity contribution is -0.138. The standard InChI is InChI=1S/C13H17ClN2O2/c1-16-7-5-13(18,6-8-16)12(17)15-11-4-2-3-10(14)9-11/h2-4,9,18H,5-8H2,1H3,(H,15,17). The smallest absolute Gasteiger partial charge is 0.256 e. The number of hydrogen-bond donors (Lipinski definition) is 2. The van der Waals surface area contributed by atoms with Crippen LogP contribution in [0.3, 0.4) is 0 Å². The summed E-state index contributed by atoms with van der Waals surface area (Å²) < 4.78 is 0. The van der Waals surface area contributed by atoms with Crippen LogP contribution in [0.1, 0.15) is 12.8 Å². The van der Waals surface area contributed by atoms with Crippen molar-refractivity contribution in [2.75, 3.05) is 25.5 Å². The Kier molecular flexibility index (Phi) is 3.90. The van der Waals surface area contributed by atoms with Crippen molar-refractivity contribution in [3.05, 3.63) is 29.3 Å². The number of anilines is 1. The second-order valence-corrected chi connectivity index (χ2v) is 5.24. The molecule has 0 saturated carbocycles. The Labute approximate surface area is 112 Å². The molecule has 4 nitrogen and oxygen atoms in total. The number of likely N-dealkylation sites (tertiary alicyclic amines) is 1. The van der Waals surface area contributed by atoms with E-state index in [1.807, 2.05) is 7.05 Å². The summed E-state index contributed by atoms with van der Waals surface area (Å²) >= 11 is 5.85. The number of benzene rings is 1. The zero-order valence-corrected chi connectivity index (χ0v) is 11.1. The maximum atomic E-state index is 12.1. The molecule has 0 bridgehead atoms. The summed E-state index contributed by atoms with van der Waals surface area (Å²) in [7, 11) is 1.98. The molecule has 5 heteroatoms. The third kappa shape index (κ3) is 3.02. The van der Waals surface area contributed by atoms with Crippen LogP contribution < -0.4 is 5.32 Å². The highest BCUT2D eigenvalue weighted by Crippen LogP contribution is 2.24. The molecule has 0 aliphatic carbocycles. The molecule has 1 aliphatic rings. The summed E-state index contributed by atoms with van der Waals surface area (Å²) in [5.74, 6) is -0.349. The van der Waals surface area contributed by atoms with Crippen LogP contribution in [0.5, 0.6) is 0 Å². The molecular weight excluding hydrogens is 252 g/mol. The minimum Gasteiger partial charge on any atom is -0.380 e. The maximum absolute atomic E-state index is 12.1. The first-order valence-corrected chi connectivity index (χ1v) is 6.35. The van der Waals surface area contributed by atoms with Crippen LogP contribution in [0.25, 0.3) is 0 Å². The van der Waals surface area contributed by atoms with Gasteiger partial charge in [-0.3, -0.25) is 4.79 Å². The fourth-order valence-corrected chi connectivity index (χ4v) is 2.22. The molecule has 0 radical (unpaired) electrons. The van der Waals surface area contributed by atoms with Gasteiger partial charge in [-0.1, -0.05) is 17.7 Å². The van der Waals surface area contributed by atoms with Crippen molar-refractivity contribution in [3.8, 4) is 0 Å². The first-order chi connectivity index (χ1) is 8.49. The molecule has 1 aliphatic heterocycles. The molecule has 2 rings (SSSR count). The van der Waals surface area contributed by atoms with E-state index in [0.29, 0.717) is 23.6 Å². The zero-order valence-electron chi connectivity index (χ0n) is 10.3. The van der Waals surface area contributed by atoms with Gasteiger partial charge in [0.05, 0.1) is 0 Å². The van der Waals surface area contributed by atoms with Crippen molar-refractivity contribution in [3.63, 3.8) is 0 Å². The van der Waals surface area contributed by atoms with E-state index < -0.39 is 5.60 Å². The lowest BCUT2D eigenvalue weighted by Gasteiger charge is -2.35. The fourth-order valence-electron chi connectivity index (χ4n) is 2.03. The van der Waals surface area contributed by atoms with Gasteiger partial charge < -0.3 is 15.3 Å². The van der Waals surface area contributed by atoms with Crippen LogP contribution >= 0.6 is 11.6 Å². The maximum Gasteiger partial charge on any atom is 0.256 e. The molecule has 0 unspecified atom stereocenters. The molecule has 0 atom stereocenters. The number of nitrogens with one attached hydrogen (secondary N) is 1. The number of rotatable bonds is 2.